The number of amides is 2. The molecule has 0 atom stereocenters. The summed E-state index contributed by atoms with van der Waals surface area (Å²) >= 11 is 0. The van der Waals surface area contributed by atoms with E-state index in [1.807, 2.05) is 0 Å². The largest absolute Gasteiger partial charge is 0.351 e. The summed E-state index contributed by atoms with van der Waals surface area (Å²) in [6.45, 7) is 0.640. The Bertz CT molecular complexity index is 122. The Morgan fingerprint density at radius 3 is 2.67 bits per heavy atom. The van der Waals surface area contributed by atoms with E-state index in [0.29, 0.717) is 13.1 Å². The van der Waals surface area contributed by atoms with E-state index in [9.17, 15) is 9.18 Å². The van der Waals surface area contributed by atoms with Gasteiger partial charge in [0, 0.05) is 19.0 Å². The number of primary amides is 1. The molecule has 1 aliphatic rings. The van der Waals surface area contributed by atoms with Gasteiger partial charge in [-0.15, -0.1) is 0 Å². The summed E-state index contributed by atoms with van der Waals surface area (Å²) in [6, 6.07) is -0.445. The number of hydrogen-bond acceptors (Lipinski definition) is 1. The molecule has 1 aliphatic heterocycles. The molecule has 2 N–H and O–H groups in total. The number of carbonyl (C=O) groups excluding carboxylic acids is 1. The van der Waals surface area contributed by atoms with Gasteiger partial charge in [-0.1, -0.05) is 0 Å². The highest BCUT2D eigenvalue weighted by Gasteiger charge is 2.28. The van der Waals surface area contributed by atoms with Gasteiger partial charge in [-0.2, -0.15) is 0 Å². The molecule has 1 fully saturated rings. The lowest BCUT2D eigenvalue weighted by atomic mass is 10.0. The Morgan fingerprint density at radius 1 is 1.78 bits per heavy atom. The van der Waals surface area contributed by atoms with Crippen molar-refractivity contribution in [1.29, 1.82) is 0 Å². The molecule has 2 amide bonds. The van der Waals surface area contributed by atoms with Gasteiger partial charge in [0.15, 0.2) is 0 Å². The van der Waals surface area contributed by atoms with Crippen molar-refractivity contribution < 1.29 is 9.18 Å². The molecule has 1 rings (SSSR count). The fraction of sp³-hybridized carbons (Fsp3) is 0.800. The molecule has 0 aromatic rings. The molecule has 4 heteroatoms. The Labute approximate surface area is 52.6 Å². The fourth-order valence-corrected chi connectivity index (χ4v) is 0.847. The van der Waals surface area contributed by atoms with Gasteiger partial charge in [0.2, 0.25) is 0 Å². The maximum absolute atomic E-state index is 11.7. The van der Waals surface area contributed by atoms with E-state index in [0.717, 1.165) is 0 Å². The van der Waals surface area contributed by atoms with Crippen LogP contribution in [-0.4, -0.2) is 30.7 Å². The van der Waals surface area contributed by atoms with Crippen LogP contribution in [0.1, 0.15) is 0 Å². The van der Waals surface area contributed by atoms with Crippen molar-refractivity contribution >= 4 is 6.03 Å². The first kappa shape index (κ1) is 6.32. The van der Waals surface area contributed by atoms with Crippen LogP contribution in [0.15, 0.2) is 0 Å². The number of nitrogens with zero attached hydrogens (tertiary/aromatic N) is 1. The summed E-state index contributed by atoms with van der Waals surface area (Å²) in [5, 5.41) is 0. The molecule has 9 heavy (non-hydrogen) atoms. The lowest BCUT2D eigenvalue weighted by Gasteiger charge is -2.36. The minimum Gasteiger partial charge on any atom is -0.351 e. The van der Waals surface area contributed by atoms with Gasteiger partial charge in [0.25, 0.3) is 0 Å². The summed E-state index contributed by atoms with van der Waals surface area (Å²) < 4.78 is 11.7. The first-order valence-corrected chi connectivity index (χ1v) is 2.84. The van der Waals surface area contributed by atoms with Crippen molar-refractivity contribution in [3.05, 3.63) is 0 Å². The molecular formula is C5H9FN2O. The Kier molecular flexibility index (Phi) is 1.55. The number of carbonyl (C=O) groups is 1. The summed E-state index contributed by atoms with van der Waals surface area (Å²) in [4.78, 5) is 11.7. The third kappa shape index (κ3) is 1.12. The van der Waals surface area contributed by atoms with Gasteiger partial charge in [-0.25, -0.2) is 4.79 Å². The first-order valence-electron chi connectivity index (χ1n) is 2.84. The van der Waals surface area contributed by atoms with Crippen LogP contribution >= 0.6 is 0 Å². The van der Waals surface area contributed by atoms with Gasteiger partial charge in [-0.05, 0) is 0 Å². The molecule has 0 unspecified atom stereocenters. The number of likely N-dealkylation sites (tertiary alicyclic amines) is 1. The third-order valence-electron chi connectivity index (χ3n) is 1.49. The predicted molar refractivity (Wildman–Crippen MR) is 30.6 cm³/mol. The number of halogens is 1. The summed E-state index contributed by atoms with van der Waals surface area (Å²) in [7, 11) is 0. The maximum atomic E-state index is 11.7. The van der Waals surface area contributed by atoms with Crippen molar-refractivity contribution in [3.8, 4) is 0 Å². The quantitative estimate of drug-likeness (QED) is 0.535. The molecule has 0 aromatic carbocycles. The maximum Gasteiger partial charge on any atom is 0.314 e. The zero-order valence-electron chi connectivity index (χ0n) is 5.01. The summed E-state index contributed by atoms with van der Waals surface area (Å²) in [5.41, 5.74) is 4.88. The molecule has 1 saturated heterocycles. The first-order chi connectivity index (χ1) is 4.24. The average molecular weight is 132 g/mol. The van der Waals surface area contributed by atoms with Crippen molar-refractivity contribution in [1.82, 2.24) is 4.90 Å². The molecule has 0 spiro atoms. The smallest absolute Gasteiger partial charge is 0.314 e. The average Bonchev–Trinajstić information content (AvgIpc) is 1.61. The van der Waals surface area contributed by atoms with E-state index < -0.39 is 6.03 Å². The lowest BCUT2D eigenvalue weighted by Crippen LogP contribution is -2.52. The zero-order valence-corrected chi connectivity index (χ0v) is 5.01. The van der Waals surface area contributed by atoms with E-state index in [-0.39, 0.29) is 12.6 Å². The molecule has 0 bridgehead atoms. The Morgan fingerprint density at radius 2 is 2.33 bits per heavy atom. The highest BCUT2D eigenvalue weighted by Crippen LogP contribution is 2.14. The van der Waals surface area contributed by atoms with Crippen LogP contribution in [0.5, 0.6) is 0 Å². The molecule has 0 saturated carbocycles. The van der Waals surface area contributed by atoms with Crippen LogP contribution in [0.2, 0.25) is 0 Å². The number of hydrogen-bond donors (Lipinski definition) is 1. The van der Waals surface area contributed by atoms with E-state index in [4.69, 9.17) is 5.73 Å². The van der Waals surface area contributed by atoms with E-state index >= 15 is 0 Å². The second kappa shape index (κ2) is 2.21. The van der Waals surface area contributed by atoms with E-state index in [2.05, 4.69) is 0 Å². The predicted octanol–water partition coefficient (Wildman–Crippen LogP) is -0.0336. The molecule has 0 aliphatic carbocycles. The minimum absolute atomic E-state index is 0.0394. The standard InChI is InChI=1S/C5H9FN2O/c6-1-4-2-8(3-4)5(7)9/h4H,1-3H2,(H2,7,9). The summed E-state index contributed by atoms with van der Waals surface area (Å²) in [5.74, 6) is 0.0394. The minimum atomic E-state index is -0.445. The van der Waals surface area contributed by atoms with Crippen molar-refractivity contribution in [2.24, 2.45) is 11.7 Å². The highest BCUT2D eigenvalue weighted by molar-refractivity contribution is 5.72. The van der Waals surface area contributed by atoms with E-state index in [1.54, 1.807) is 0 Å². The van der Waals surface area contributed by atoms with Gasteiger partial charge in [-0.3, -0.25) is 4.39 Å². The van der Waals surface area contributed by atoms with Gasteiger partial charge >= 0.3 is 6.03 Å². The molecular weight excluding hydrogens is 123 g/mol. The number of alkyl halides is 1. The Hall–Kier alpha value is -0.800. The van der Waals surface area contributed by atoms with Gasteiger partial charge in [0.1, 0.15) is 0 Å². The van der Waals surface area contributed by atoms with Gasteiger partial charge < -0.3 is 10.6 Å². The van der Waals surface area contributed by atoms with Crippen molar-refractivity contribution in [2.45, 2.75) is 0 Å². The molecule has 0 aromatic heterocycles. The second-order valence-corrected chi connectivity index (χ2v) is 2.26. The molecule has 1 heterocycles. The lowest BCUT2D eigenvalue weighted by molar-refractivity contribution is 0.110. The molecule has 0 radical (unpaired) electrons. The number of nitrogens with two attached hydrogens (primary N) is 1. The van der Waals surface area contributed by atoms with Gasteiger partial charge in [0.05, 0.1) is 6.67 Å². The zero-order chi connectivity index (χ0) is 6.85. The third-order valence-corrected chi connectivity index (χ3v) is 1.49. The number of rotatable bonds is 1. The van der Waals surface area contributed by atoms with Crippen LogP contribution in [0.25, 0.3) is 0 Å². The molecule has 52 valence electrons. The number of urea groups is 1. The summed E-state index contributed by atoms with van der Waals surface area (Å²) in [6.07, 6.45) is 0. The second-order valence-electron chi connectivity index (χ2n) is 2.26. The highest BCUT2D eigenvalue weighted by atomic mass is 19.1. The SMILES string of the molecule is NC(=O)N1CC(CF)C1. The van der Waals surface area contributed by atoms with Crippen LogP contribution in [0.3, 0.4) is 0 Å². The van der Waals surface area contributed by atoms with Crippen LogP contribution < -0.4 is 5.73 Å². The van der Waals surface area contributed by atoms with Crippen LogP contribution in [0.4, 0.5) is 9.18 Å². The molecule has 3 nitrogen and oxygen atoms in total. The normalized spacial score (nSPS) is 19.4. The Balaban J connectivity index is 2.19. The topological polar surface area (TPSA) is 46.3 Å². The van der Waals surface area contributed by atoms with Crippen molar-refractivity contribution in [2.75, 3.05) is 19.8 Å². The fourth-order valence-electron chi connectivity index (χ4n) is 0.847. The monoisotopic (exact) mass is 132 g/mol. The van der Waals surface area contributed by atoms with Crippen molar-refractivity contribution in [3.63, 3.8) is 0 Å². The van der Waals surface area contributed by atoms with E-state index in [1.165, 1.54) is 4.90 Å². The van der Waals surface area contributed by atoms with Crippen LogP contribution in [-0.2, 0) is 0 Å². The van der Waals surface area contributed by atoms with Crippen LogP contribution in [0, 0.1) is 5.92 Å².